The van der Waals surface area contributed by atoms with E-state index in [1.54, 1.807) is 20.8 Å². The van der Waals surface area contributed by atoms with E-state index in [1.807, 2.05) is 56.3 Å². The second-order valence-electron chi connectivity index (χ2n) is 9.91. The summed E-state index contributed by atoms with van der Waals surface area (Å²) < 4.78 is 10.6. The maximum atomic E-state index is 13.2. The highest BCUT2D eigenvalue weighted by Gasteiger charge is 2.45. The molecule has 0 radical (unpaired) electrons. The van der Waals surface area contributed by atoms with Crippen LogP contribution in [0.1, 0.15) is 46.6 Å². The minimum atomic E-state index is -0.738. The number of rotatable bonds is 6. The molecule has 6 nitrogen and oxygen atoms in total. The van der Waals surface area contributed by atoms with E-state index >= 15 is 0 Å². The van der Waals surface area contributed by atoms with Crippen molar-refractivity contribution in [2.24, 2.45) is 11.3 Å². The predicted octanol–water partition coefficient (Wildman–Crippen LogP) is 3.80. The highest BCUT2D eigenvalue weighted by molar-refractivity contribution is 5.90. The SMILES string of the molecule is CC(C)(C)OC(=O)CC(Cc1ccc2ccccc2c1)C(=O)N[C@@H]1C(=O)OCC1(C)C. The Hall–Kier alpha value is -2.89. The molecule has 0 aliphatic carbocycles. The van der Waals surface area contributed by atoms with Crippen LogP contribution in [0.2, 0.25) is 0 Å². The van der Waals surface area contributed by atoms with Gasteiger partial charge in [0.1, 0.15) is 11.6 Å². The lowest BCUT2D eigenvalue weighted by atomic mass is 9.86. The zero-order valence-electron chi connectivity index (χ0n) is 18.9. The summed E-state index contributed by atoms with van der Waals surface area (Å²) in [6, 6.07) is 13.2. The minimum Gasteiger partial charge on any atom is -0.463 e. The second kappa shape index (κ2) is 8.69. The number of hydrogen-bond donors (Lipinski definition) is 1. The first-order valence-electron chi connectivity index (χ1n) is 10.6. The molecular weight excluding hydrogens is 394 g/mol. The van der Waals surface area contributed by atoms with E-state index in [1.165, 1.54) is 0 Å². The molecule has 0 spiro atoms. The van der Waals surface area contributed by atoms with Gasteiger partial charge in [-0.3, -0.25) is 9.59 Å². The first kappa shape index (κ1) is 22.8. The minimum absolute atomic E-state index is 0.0713. The van der Waals surface area contributed by atoms with E-state index in [4.69, 9.17) is 9.47 Å². The number of carbonyl (C=O) groups is 3. The molecule has 1 N–H and O–H groups in total. The summed E-state index contributed by atoms with van der Waals surface area (Å²) in [6.07, 6.45) is 0.288. The summed E-state index contributed by atoms with van der Waals surface area (Å²) in [5.74, 6) is -1.90. The molecule has 1 aliphatic rings. The molecule has 0 aromatic heterocycles. The van der Waals surface area contributed by atoms with Crippen molar-refractivity contribution in [3.05, 3.63) is 48.0 Å². The van der Waals surface area contributed by atoms with E-state index in [-0.39, 0.29) is 18.9 Å². The van der Waals surface area contributed by atoms with Gasteiger partial charge >= 0.3 is 11.9 Å². The quantitative estimate of drug-likeness (QED) is 0.712. The van der Waals surface area contributed by atoms with Gasteiger partial charge in [-0.1, -0.05) is 56.3 Å². The molecule has 6 heteroatoms. The van der Waals surface area contributed by atoms with Crippen molar-refractivity contribution in [2.75, 3.05) is 6.61 Å². The Balaban J connectivity index is 1.81. The fourth-order valence-corrected chi connectivity index (χ4v) is 3.75. The molecule has 1 fully saturated rings. The van der Waals surface area contributed by atoms with Crippen LogP contribution in [0.3, 0.4) is 0 Å². The van der Waals surface area contributed by atoms with E-state index in [0.29, 0.717) is 6.42 Å². The fourth-order valence-electron chi connectivity index (χ4n) is 3.75. The van der Waals surface area contributed by atoms with Crippen molar-refractivity contribution in [3.8, 4) is 0 Å². The average molecular weight is 426 g/mol. The summed E-state index contributed by atoms with van der Waals surface area (Å²) in [5.41, 5.74) is -0.208. The lowest BCUT2D eigenvalue weighted by Gasteiger charge is -2.26. The number of benzene rings is 2. The maximum absolute atomic E-state index is 13.2. The topological polar surface area (TPSA) is 81.7 Å². The summed E-state index contributed by atoms with van der Waals surface area (Å²) >= 11 is 0. The number of carbonyl (C=O) groups excluding carboxylic acids is 3. The molecule has 1 unspecified atom stereocenters. The summed E-state index contributed by atoms with van der Waals surface area (Å²) in [4.78, 5) is 37.8. The molecular formula is C25H31NO5. The molecule has 166 valence electrons. The first-order valence-corrected chi connectivity index (χ1v) is 10.6. The van der Waals surface area contributed by atoms with E-state index in [2.05, 4.69) is 5.32 Å². The number of ether oxygens (including phenoxy) is 2. The van der Waals surface area contributed by atoms with Crippen LogP contribution in [-0.2, 0) is 30.3 Å². The van der Waals surface area contributed by atoms with Gasteiger partial charge in [0.25, 0.3) is 0 Å². The Bertz CT molecular complexity index is 989. The van der Waals surface area contributed by atoms with Crippen LogP contribution in [0.5, 0.6) is 0 Å². The summed E-state index contributed by atoms with van der Waals surface area (Å²) in [5, 5.41) is 5.00. The number of nitrogens with one attached hydrogen (secondary N) is 1. The zero-order valence-corrected chi connectivity index (χ0v) is 18.9. The van der Waals surface area contributed by atoms with E-state index in [0.717, 1.165) is 16.3 Å². The summed E-state index contributed by atoms with van der Waals surface area (Å²) in [6.45, 7) is 9.36. The zero-order chi connectivity index (χ0) is 22.8. The maximum Gasteiger partial charge on any atom is 0.329 e. The Morgan fingerprint density at radius 1 is 1.16 bits per heavy atom. The lowest BCUT2D eigenvalue weighted by molar-refractivity contribution is -0.157. The second-order valence-corrected chi connectivity index (χ2v) is 9.91. The van der Waals surface area contributed by atoms with Gasteiger partial charge in [-0.25, -0.2) is 4.79 Å². The van der Waals surface area contributed by atoms with Crippen molar-refractivity contribution < 1.29 is 23.9 Å². The number of cyclic esters (lactones) is 1. The molecule has 31 heavy (non-hydrogen) atoms. The summed E-state index contributed by atoms with van der Waals surface area (Å²) in [7, 11) is 0. The van der Waals surface area contributed by atoms with Crippen molar-refractivity contribution in [3.63, 3.8) is 0 Å². The van der Waals surface area contributed by atoms with Gasteiger partial charge in [0.05, 0.1) is 18.9 Å². The van der Waals surface area contributed by atoms with Crippen LogP contribution in [0, 0.1) is 11.3 Å². The van der Waals surface area contributed by atoms with Gasteiger partial charge in [0, 0.05) is 5.41 Å². The van der Waals surface area contributed by atoms with Crippen LogP contribution in [0.4, 0.5) is 0 Å². The lowest BCUT2D eigenvalue weighted by Crippen LogP contribution is -2.49. The predicted molar refractivity (Wildman–Crippen MR) is 118 cm³/mol. The molecule has 2 aromatic carbocycles. The van der Waals surface area contributed by atoms with Crippen LogP contribution < -0.4 is 5.32 Å². The Morgan fingerprint density at radius 3 is 2.45 bits per heavy atom. The van der Waals surface area contributed by atoms with Gasteiger partial charge in [0.15, 0.2) is 0 Å². The molecule has 2 aromatic rings. The third-order valence-electron chi connectivity index (χ3n) is 5.39. The highest BCUT2D eigenvalue weighted by Crippen LogP contribution is 2.29. The number of amides is 1. The molecule has 1 amide bonds. The largest absolute Gasteiger partial charge is 0.463 e. The van der Waals surface area contributed by atoms with Gasteiger partial charge in [-0.15, -0.1) is 0 Å². The Morgan fingerprint density at radius 2 is 1.84 bits per heavy atom. The van der Waals surface area contributed by atoms with Crippen LogP contribution in [-0.4, -0.2) is 36.1 Å². The molecule has 0 bridgehead atoms. The van der Waals surface area contributed by atoms with Gasteiger partial charge in [-0.2, -0.15) is 0 Å². The molecule has 1 heterocycles. The number of esters is 2. The first-order chi connectivity index (χ1) is 14.4. The van der Waals surface area contributed by atoms with Crippen LogP contribution in [0.15, 0.2) is 42.5 Å². The molecule has 3 rings (SSSR count). The molecule has 1 aliphatic heterocycles. The van der Waals surface area contributed by atoms with Crippen molar-refractivity contribution in [1.82, 2.24) is 5.32 Å². The Labute approximate surface area is 183 Å². The van der Waals surface area contributed by atoms with Gasteiger partial charge < -0.3 is 14.8 Å². The van der Waals surface area contributed by atoms with Crippen LogP contribution in [0.25, 0.3) is 10.8 Å². The molecule has 2 atom stereocenters. The van der Waals surface area contributed by atoms with E-state index in [9.17, 15) is 14.4 Å². The molecule has 0 saturated carbocycles. The number of hydrogen-bond acceptors (Lipinski definition) is 5. The van der Waals surface area contributed by atoms with E-state index < -0.39 is 34.9 Å². The normalized spacial score (nSPS) is 19.0. The smallest absolute Gasteiger partial charge is 0.329 e. The average Bonchev–Trinajstić information content (AvgIpc) is 2.92. The van der Waals surface area contributed by atoms with Crippen LogP contribution >= 0.6 is 0 Å². The third-order valence-corrected chi connectivity index (χ3v) is 5.39. The number of fused-ring (bicyclic) bond motifs is 1. The fraction of sp³-hybridized carbons (Fsp3) is 0.480. The van der Waals surface area contributed by atoms with Gasteiger partial charge in [-0.05, 0) is 43.5 Å². The highest BCUT2D eigenvalue weighted by atomic mass is 16.6. The standard InChI is InChI=1S/C25H31NO5/c1-24(2,3)31-20(27)14-19(22(28)26-21-23(29)30-15-25(21,4)5)13-16-10-11-17-8-6-7-9-18(17)12-16/h6-12,19,21H,13-15H2,1-5H3,(H,26,28)/t19?,21-/m1/s1. The van der Waals surface area contributed by atoms with Crippen molar-refractivity contribution in [1.29, 1.82) is 0 Å². The van der Waals surface area contributed by atoms with Crippen molar-refractivity contribution in [2.45, 2.75) is 59.1 Å². The third kappa shape index (κ3) is 5.84. The van der Waals surface area contributed by atoms with Gasteiger partial charge in [0.2, 0.25) is 5.91 Å². The Kier molecular flexibility index (Phi) is 6.39. The van der Waals surface area contributed by atoms with Crippen molar-refractivity contribution >= 4 is 28.6 Å². The monoisotopic (exact) mass is 425 g/mol. The molecule has 1 saturated heterocycles.